The number of aryl methyl sites for hydroxylation is 2. The van der Waals surface area contributed by atoms with Crippen molar-refractivity contribution in [2.75, 3.05) is 5.32 Å². The molecule has 3 nitrogen and oxygen atoms in total. The normalized spacial score (nSPS) is 14.8. The Morgan fingerprint density at radius 2 is 2.10 bits per heavy atom. The molecule has 0 unspecified atom stereocenters. The van der Waals surface area contributed by atoms with Crippen molar-refractivity contribution in [3.05, 3.63) is 51.8 Å². The maximum absolute atomic E-state index is 12.6. The number of hydrogen-bond donors (Lipinski definition) is 1. The lowest BCUT2D eigenvalue weighted by Gasteiger charge is -2.28. The maximum Gasteiger partial charge on any atom is 0.272 e. The number of carbonyl (C=O) groups is 1. The van der Waals surface area contributed by atoms with Gasteiger partial charge in [-0.1, -0.05) is 6.07 Å². The molecule has 1 saturated carbocycles. The van der Waals surface area contributed by atoms with E-state index in [4.69, 9.17) is 0 Å². The summed E-state index contributed by atoms with van der Waals surface area (Å²) in [6.07, 6.45) is 5.60. The number of benzene rings is 1. The van der Waals surface area contributed by atoms with Crippen LogP contribution in [0.2, 0.25) is 0 Å². The first-order chi connectivity index (χ1) is 10.1. The van der Waals surface area contributed by atoms with Crippen LogP contribution >= 0.6 is 15.9 Å². The van der Waals surface area contributed by atoms with Crippen molar-refractivity contribution < 1.29 is 4.79 Å². The van der Waals surface area contributed by atoms with E-state index < -0.39 is 0 Å². The molecule has 0 bridgehead atoms. The highest BCUT2D eigenvalue weighted by atomic mass is 79.9. The predicted molar refractivity (Wildman–Crippen MR) is 88.9 cm³/mol. The van der Waals surface area contributed by atoms with Crippen molar-refractivity contribution in [3.63, 3.8) is 0 Å². The minimum absolute atomic E-state index is 0.0421. The maximum atomic E-state index is 12.6. The summed E-state index contributed by atoms with van der Waals surface area (Å²) in [5.74, 6) is -0.0421. The summed E-state index contributed by atoms with van der Waals surface area (Å²) >= 11 is 3.54. The van der Waals surface area contributed by atoms with Gasteiger partial charge in [0.05, 0.1) is 5.69 Å². The standard InChI is InChI=1S/C17H19BrN2O/c1-11-9-12(2)16(14(18)10-11)19-17(21)15-7-4-8-20(15)13-5-3-6-13/h4,7-10,13H,3,5-6H2,1-2H3,(H,19,21). The van der Waals surface area contributed by atoms with E-state index in [0.29, 0.717) is 6.04 Å². The van der Waals surface area contributed by atoms with Gasteiger partial charge in [-0.15, -0.1) is 0 Å². The SMILES string of the molecule is Cc1cc(C)c(NC(=O)c2cccn2C2CCC2)c(Br)c1. The van der Waals surface area contributed by atoms with Crippen molar-refractivity contribution in [2.24, 2.45) is 0 Å². The Morgan fingerprint density at radius 1 is 1.33 bits per heavy atom. The second-order valence-electron chi connectivity index (χ2n) is 5.78. The Morgan fingerprint density at radius 3 is 2.71 bits per heavy atom. The van der Waals surface area contributed by atoms with Crippen molar-refractivity contribution in [1.29, 1.82) is 0 Å². The van der Waals surface area contributed by atoms with Crippen LogP contribution in [0.3, 0.4) is 0 Å². The fraction of sp³-hybridized carbons (Fsp3) is 0.353. The number of nitrogens with zero attached hydrogens (tertiary/aromatic N) is 1. The molecule has 21 heavy (non-hydrogen) atoms. The molecule has 110 valence electrons. The molecule has 1 heterocycles. The van der Waals surface area contributed by atoms with E-state index in [2.05, 4.69) is 31.9 Å². The molecule has 0 spiro atoms. The van der Waals surface area contributed by atoms with Gasteiger partial charge in [-0.25, -0.2) is 0 Å². The van der Waals surface area contributed by atoms with Crippen LogP contribution in [0.25, 0.3) is 0 Å². The van der Waals surface area contributed by atoms with E-state index in [-0.39, 0.29) is 5.91 Å². The van der Waals surface area contributed by atoms with Gasteiger partial charge in [-0.2, -0.15) is 0 Å². The molecule has 2 aromatic rings. The molecule has 1 aliphatic carbocycles. The summed E-state index contributed by atoms with van der Waals surface area (Å²) in [6, 6.07) is 8.43. The average molecular weight is 347 g/mol. The Balaban J connectivity index is 1.86. The number of anilines is 1. The summed E-state index contributed by atoms with van der Waals surface area (Å²) in [7, 11) is 0. The highest BCUT2D eigenvalue weighted by Gasteiger charge is 2.23. The number of halogens is 1. The average Bonchev–Trinajstić information content (AvgIpc) is 2.80. The molecule has 1 fully saturated rings. The van der Waals surface area contributed by atoms with E-state index in [1.54, 1.807) is 0 Å². The molecular formula is C17H19BrN2O. The second-order valence-corrected chi connectivity index (χ2v) is 6.63. The van der Waals surface area contributed by atoms with Gasteiger partial charge in [0.15, 0.2) is 0 Å². The molecular weight excluding hydrogens is 328 g/mol. The fourth-order valence-electron chi connectivity index (χ4n) is 2.82. The Kier molecular flexibility index (Phi) is 3.89. The summed E-state index contributed by atoms with van der Waals surface area (Å²) in [6.45, 7) is 4.06. The molecule has 1 amide bonds. The minimum atomic E-state index is -0.0421. The van der Waals surface area contributed by atoms with Crippen LogP contribution < -0.4 is 5.32 Å². The van der Waals surface area contributed by atoms with Gasteiger partial charge in [0, 0.05) is 16.7 Å². The molecule has 1 aromatic heterocycles. The van der Waals surface area contributed by atoms with Crippen LogP contribution in [-0.2, 0) is 0 Å². The quantitative estimate of drug-likeness (QED) is 0.847. The van der Waals surface area contributed by atoms with E-state index in [1.165, 1.54) is 24.8 Å². The third-order valence-corrected chi connectivity index (χ3v) is 4.78. The van der Waals surface area contributed by atoms with E-state index in [1.807, 2.05) is 38.2 Å². The Hall–Kier alpha value is -1.55. The van der Waals surface area contributed by atoms with E-state index in [9.17, 15) is 4.79 Å². The monoisotopic (exact) mass is 346 g/mol. The lowest BCUT2D eigenvalue weighted by atomic mass is 9.93. The molecule has 1 aromatic carbocycles. The van der Waals surface area contributed by atoms with Crippen molar-refractivity contribution in [3.8, 4) is 0 Å². The van der Waals surface area contributed by atoms with Crippen molar-refractivity contribution in [1.82, 2.24) is 4.57 Å². The molecule has 0 atom stereocenters. The third-order valence-electron chi connectivity index (χ3n) is 4.15. The van der Waals surface area contributed by atoms with Gasteiger partial charge in [0.25, 0.3) is 5.91 Å². The van der Waals surface area contributed by atoms with Crippen molar-refractivity contribution >= 4 is 27.5 Å². The number of carbonyl (C=O) groups excluding carboxylic acids is 1. The lowest BCUT2D eigenvalue weighted by molar-refractivity contribution is 0.101. The van der Waals surface area contributed by atoms with Crippen LogP contribution in [0.1, 0.15) is 46.9 Å². The molecule has 1 aliphatic rings. The van der Waals surface area contributed by atoms with Crippen LogP contribution in [0.15, 0.2) is 34.9 Å². The van der Waals surface area contributed by atoms with Gasteiger partial charge in [-0.3, -0.25) is 4.79 Å². The van der Waals surface area contributed by atoms with Gasteiger partial charge in [0.2, 0.25) is 0 Å². The van der Waals surface area contributed by atoms with Crippen molar-refractivity contribution in [2.45, 2.75) is 39.2 Å². The summed E-state index contributed by atoms with van der Waals surface area (Å²) in [5.41, 5.74) is 3.84. The molecule has 1 N–H and O–H groups in total. The molecule has 0 saturated heterocycles. The van der Waals surface area contributed by atoms with Gasteiger partial charge in [0.1, 0.15) is 5.69 Å². The largest absolute Gasteiger partial charge is 0.340 e. The number of amides is 1. The van der Waals surface area contributed by atoms with E-state index >= 15 is 0 Å². The van der Waals surface area contributed by atoms with Gasteiger partial charge in [-0.05, 0) is 78.4 Å². The summed E-state index contributed by atoms with van der Waals surface area (Å²) in [5, 5.41) is 3.04. The first-order valence-electron chi connectivity index (χ1n) is 7.31. The zero-order chi connectivity index (χ0) is 15.0. The van der Waals surface area contributed by atoms with Crippen LogP contribution in [0.4, 0.5) is 5.69 Å². The first kappa shape index (κ1) is 14.4. The zero-order valence-electron chi connectivity index (χ0n) is 12.3. The first-order valence-corrected chi connectivity index (χ1v) is 8.10. The smallest absolute Gasteiger partial charge is 0.272 e. The van der Waals surface area contributed by atoms with Crippen LogP contribution in [-0.4, -0.2) is 10.5 Å². The second kappa shape index (κ2) is 5.68. The zero-order valence-corrected chi connectivity index (χ0v) is 13.9. The predicted octanol–water partition coefficient (Wildman–Crippen LogP) is 4.84. The lowest BCUT2D eigenvalue weighted by Crippen LogP contribution is -2.23. The number of aromatic nitrogens is 1. The Labute approximate surface area is 133 Å². The Bertz CT molecular complexity index is 663. The highest BCUT2D eigenvalue weighted by molar-refractivity contribution is 9.10. The number of rotatable bonds is 3. The molecule has 4 heteroatoms. The molecule has 3 rings (SSSR count). The topological polar surface area (TPSA) is 34.0 Å². The fourth-order valence-corrected chi connectivity index (χ4v) is 3.59. The van der Waals surface area contributed by atoms with E-state index in [0.717, 1.165) is 21.4 Å². The summed E-state index contributed by atoms with van der Waals surface area (Å²) in [4.78, 5) is 12.6. The van der Waals surface area contributed by atoms with Gasteiger partial charge < -0.3 is 9.88 Å². The third kappa shape index (κ3) is 2.77. The van der Waals surface area contributed by atoms with Crippen LogP contribution in [0.5, 0.6) is 0 Å². The van der Waals surface area contributed by atoms with Gasteiger partial charge >= 0.3 is 0 Å². The number of nitrogens with one attached hydrogen (secondary N) is 1. The number of hydrogen-bond acceptors (Lipinski definition) is 1. The summed E-state index contributed by atoms with van der Waals surface area (Å²) < 4.78 is 3.03. The molecule has 0 aliphatic heterocycles. The van der Waals surface area contributed by atoms with Crippen LogP contribution in [0, 0.1) is 13.8 Å². The minimum Gasteiger partial charge on any atom is -0.340 e. The highest BCUT2D eigenvalue weighted by Crippen LogP contribution is 2.33. The molecule has 0 radical (unpaired) electrons.